The quantitative estimate of drug-likeness (QED) is 0.0126. The molecule has 390 valence electrons. The Bertz CT molecular complexity index is 1820. The third kappa shape index (κ3) is 22.7. The number of aliphatic hydroxyl groups is 1. The number of carbonyl (C=O) groups excluding carboxylic acids is 8. The van der Waals surface area contributed by atoms with Crippen LogP contribution in [0.4, 0.5) is 0 Å². The molecule has 1 aliphatic rings. The van der Waals surface area contributed by atoms with Crippen LogP contribution in [0, 0.1) is 5.41 Å². The largest absolute Gasteiger partial charge is 0.477 e. The molecule has 1 aliphatic heterocycles. The molecular formula is C41H74N16O12. The number of aliphatic imine (C=N–C) groups is 1. The highest BCUT2D eigenvalue weighted by Crippen LogP contribution is 2.19. The SMILES string of the molecule is COC[C@H](NC(=O)[C@@H]1CCCN1C(=O)/C(CCCN)=N/C(=O)CNC(=O)[C@H](C)NC(=O)[C@@H](NC(=O)[C@@H](N)CCCCN)[C@@H](O)CN)C(=O)N[C@@H](CCCCN)C(=O)N/C(=C\CCNC(=N)N)C(=O)O. The highest BCUT2D eigenvalue weighted by Gasteiger charge is 2.38. The first-order chi connectivity index (χ1) is 32.8. The van der Waals surface area contributed by atoms with Crippen molar-refractivity contribution in [3.8, 4) is 0 Å². The number of aliphatic carboxylic acids is 1. The molecule has 0 saturated carbocycles. The van der Waals surface area contributed by atoms with Gasteiger partial charge in [-0.25, -0.2) is 9.79 Å². The fourth-order valence-corrected chi connectivity index (χ4v) is 6.66. The van der Waals surface area contributed by atoms with E-state index in [2.05, 4.69) is 42.2 Å². The molecule has 1 heterocycles. The summed E-state index contributed by atoms with van der Waals surface area (Å²) in [7, 11) is 1.26. The Morgan fingerprint density at radius 1 is 0.826 bits per heavy atom. The summed E-state index contributed by atoms with van der Waals surface area (Å²) in [6.07, 6.45) is 2.68. The fourth-order valence-electron chi connectivity index (χ4n) is 6.66. The number of guanidine groups is 1. The zero-order valence-electron chi connectivity index (χ0n) is 39.4. The minimum Gasteiger partial charge on any atom is -0.477 e. The number of hydrogen-bond donors (Lipinski definition) is 16. The first-order valence-corrected chi connectivity index (χ1v) is 22.7. The van der Waals surface area contributed by atoms with E-state index in [0.717, 1.165) is 0 Å². The number of nitrogens with one attached hydrogen (secondary N) is 8. The molecule has 0 spiro atoms. The van der Waals surface area contributed by atoms with Crippen LogP contribution in [0.25, 0.3) is 0 Å². The van der Waals surface area contributed by atoms with Crippen LogP contribution in [-0.4, -0.2) is 182 Å². The van der Waals surface area contributed by atoms with Gasteiger partial charge in [0.2, 0.25) is 35.4 Å². The van der Waals surface area contributed by atoms with Crippen molar-refractivity contribution in [2.24, 2.45) is 39.4 Å². The maximum atomic E-state index is 13.9. The zero-order valence-corrected chi connectivity index (χ0v) is 39.4. The summed E-state index contributed by atoms with van der Waals surface area (Å²) in [5, 5.41) is 44.2. The maximum Gasteiger partial charge on any atom is 0.352 e. The second-order valence-electron chi connectivity index (χ2n) is 16.0. The number of carbonyl (C=O) groups is 9. The Morgan fingerprint density at radius 2 is 1.48 bits per heavy atom. The van der Waals surface area contributed by atoms with Crippen LogP contribution >= 0.6 is 0 Å². The number of rotatable bonds is 33. The van der Waals surface area contributed by atoms with E-state index in [0.29, 0.717) is 38.6 Å². The lowest BCUT2D eigenvalue weighted by Gasteiger charge is -2.27. The van der Waals surface area contributed by atoms with E-state index in [-0.39, 0.29) is 83.0 Å². The van der Waals surface area contributed by atoms with Crippen molar-refractivity contribution in [2.75, 3.05) is 59.5 Å². The van der Waals surface area contributed by atoms with Crippen molar-refractivity contribution < 1.29 is 58.1 Å². The summed E-state index contributed by atoms with van der Waals surface area (Å²) in [4.78, 5) is 123. The number of nitrogens with two attached hydrogens (primary N) is 6. The monoisotopic (exact) mass is 983 g/mol. The smallest absolute Gasteiger partial charge is 0.352 e. The molecule has 8 amide bonds. The Kier molecular flexibility index (Phi) is 29.4. The van der Waals surface area contributed by atoms with Gasteiger partial charge >= 0.3 is 5.97 Å². The summed E-state index contributed by atoms with van der Waals surface area (Å²) >= 11 is 0. The van der Waals surface area contributed by atoms with E-state index < -0.39 is 114 Å². The average Bonchev–Trinajstić information content (AvgIpc) is 3.81. The second-order valence-corrected chi connectivity index (χ2v) is 16.0. The lowest BCUT2D eigenvalue weighted by molar-refractivity contribution is -0.137. The molecule has 1 rings (SSSR count). The molecule has 1 saturated heterocycles. The Morgan fingerprint density at radius 3 is 2.07 bits per heavy atom. The molecule has 69 heavy (non-hydrogen) atoms. The highest BCUT2D eigenvalue weighted by molar-refractivity contribution is 6.40. The number of unbranched alkanes of at least 4 members (excludes halogenated alkanes) is 2. The molecule has 0 aliphatic carbocycles. The number of aliphatic hydroxyl groups excluding tert-OH is 1. The number of carboxylic acids is 1. The highest BCUT2D eigenvalue weighted by atomic mass is 16.5. The van der Waals surface area contributed by atoms with Gasteiger partial charge in [0, 0.05) is 26.7 Å². The summed E-state index contributed by atoms with van der Waals surface area (Å²) in [5.41, 5.74) is 32.7. The lowest BCUT2D eigenvalue weighted by Crippen LogP contribution is -2.60. The van der Waals surface area contributed by atoms with Crippen molar-refractivity contribution in [3.63, 3.8) is 0 Å². The Labute approximate surface area is 400 Å². The number of ether oxygens (including phenoxy) is 1. The molecule has 7 atom stereocenters. The predicted molar refractivity (Wildman–Crippen MR) is 251 cm³/mol. The Hall–Kier alpha value is -6.17. The van der Waals surface area contributed by atoms with Gasteiger partial charge in [0.15, 0.2) is 5.96 Å². The molecule has 0 radical (unpaired) electrons. The van der Waals surface area contributed by atoms with Gasteiger partial charge in [0.25, 0.3) is 11.8 Å². The average molecular weight is 983 g/mol. The van der Waals surface area contributed by atoms with Crippen molar-refractivity contribution in [2.45, 2.75) is 120 Å². The van der Waals surface area contributed by atoms with Gasteiger partial charge < -0.3 is 91.5 Å². The van der Waals surface area contributed by atoms with E-state index in [1.54, 1.807) is 0 Å². The number of carboxylic acid groups (broad SMARTS) is 1. The number of hydrogen-bond acceptors (Lipinski definition) is 17. The van der Waals surface area contributed by atoms with Crippen LogP contribution < -0.4 is 71.6 Å². The predicted octanol–water partition coefficient (Wildman–Crippen LogP) is -6.73. The minimum atomic E-state index is -1.57. The van der Waals surface area contributed by atoms with Crippen LogP contribution in [0.2, 0.25) is 0 Å². The van der Waals surface area contributed by atoms with Crippen molar-refractivity contribution >= 4 is 64.9 Å². The van der Waals surface area contributed by atoms with Gasteiger partial charge in [0.05, 0.1) is 25.3 Å². The summed E-state index contributed by atoms with van der Waals surface area (Å²) in [6, 6.07) is -7.70. The fraction of sp³-hybridized carbons (Fsp3) is 0.683. The molecule has 28 heteroatoms. The number of amides is 8. The van der Waals surface area contributed by atoms with Gasteiger partial charge in [-0.1, -0.05) is 12.5 Å². The topological polar surface area (TPSA) is 483 Å². The van der Waals surface area contributed by atoms with Crippen molar-refractivity contribution in [1.82, 2.24) is 42.1 Å². The number of methoxy groups -OCH3 is 1. The van der Waals surface area contributed by atoms with Crippen LogP contribution in [-0.2, 0) is 47.9 Å². The maximum absolute atomic E-state index is 13.9. The molecule has 22 N–H and O–H groups in total. The first kappa shape index (κ1) is 60.8. The van der Waals surface area contributed by atoms with Gasteiger partial charge in [-0.3, -0.25) is 43.8 Å². The summed E-state index contributed by atoms with van der Waals surface area (Å²) in [6.45, 7) is 0.699. The van der Waals surface area contributed by atoms with Crippen molar-refractivity contribution in [3.05, 3.63) is 11.8 Å². The Balaban J connectivity index is 3.13. The molecule has 0 unspecified atom stereocenters. The molecule has 0 aromatic heterocycles. The van der Waals surface area contributed by atoms with Crippen LogP contribution in [0.1, 0.15) is 77.6 Å². The number of nitrogens with zero attached hydrogens (tertiary/aromatic N) is 2. The zero-order chi connectivity index (χ0) is 52.1. The van der Waals surface area contributed by atoms with E-state index in [1.807, 2.05) is 0 Å². The summed E-state index contributed by atoms with van der Waals surface area (Å²) in [5.74, 6) is -8.59. The van der Waals surface area contributed by atoms with E-state index >= 15 is 0 Å². The second kappa shape index (κ2) is 33.3. The third-order valence-corrected chi connectivity index (χ3v) is 10.5. The van der Waals surface area contributed by atoms with Gasteiger partial charge in [-0.05, 0) is 90.8 Å². The standard InChI is InChI=1S/C41H74N16O12/c1-23(51-38(65)32(30(58)20-45)56-34(61)24(46)10-3-5-15-42)33(60)50-21-31(59)52-26(12-7-17-44)39(66)57-19-9-14-29(57)37(64)55-28(22-69-2)36(63)53-25(11-4-6-16-43)35(62)54-27(40(67)68)13-8-18-49-41(47)48/h13,23-25,28-30,32,58H,3-12,14-22,42-46H2,1-2H3,(H,50,60)(H,51,65)(H,53,63)(H,54,62)(H,55,64)(H,56,61)(H,67,68)(H4,47,48,49)/b27-13-,52-26+/t23-,24-,25-,28-,29-,30-,32-/m0/s1. The normalized spacial score (nSPS) is 16.4. The number of likely N-dealkylation sites (tertiary alicyclic amines) is 1. The van der Waals surface area contributed by atoms with Crippen LogP contribution in [0.3, 0.4) is 0 Å². The van der Waals surface area contributed by atoms with E-state index in [4.69, 9.17) is 44.5 Å². The molecular weight excluding hydrogens is 909 g/mol. The minimum absolute atomic E-state index is 0.0449. The van der Waals surface area contributed by atoms with Crippen molar-refractivity contribution in [1.29, 1.82) is 5.41 Å². The molecule has 1 fully saturated rings. The lowest BCUT2D eigenvalue weighted by atomic mass is 10.1. The van der Waals surface area contributed by atoms with Gasteiger partial charge in [-0.15, -0.1) is 0 Å². The molecule has 28 nitrogen and oxygen atoms in total. The van der Waals surface area contributed by atoms with Gasteiger partial charge in [0.1, 0.15) is 41.6 Å². The molecule has 0 aromatic carbocycles. The van der Waals surface area contributed by atoms with E-state index in [1.165, 1.54) is 25.0 Å². The first-order valence-electron chi connectivity index (χ1n) is 22.7. The molecule has 0 aromatic rings. The van der Waals surface area contributed by atoms with Gasteiger partial charge in [-0.2, -0.15) is 0 Å². The summed E-state index contributed by atoms with van der Waals surface area (Å²) < 4.78 is 5.18. The van der Waals surface area contributed by atoms with Crippen LogP contribution in [0.15, 0.2) is 16.8 Å². The third-order valence-electron chi connectivity index (χ3n) is 10.5. The van der Waals surface area contributed by atoms with Crippen LogP contribution in [0.5, 0.6) is 0 Å². The molecule has 0 bridgehead atoms. The van der Waals surface area contributed by atoms with E-state index in [9.17, 15) is 53.4 Å².